The lowest BCUT2D eigenvalue weighted by atomic mass is 9.94. The Bertz CT molecular complexity index is 427. The average Bonchev–Trinajstić information content (AvgIpc) is 2.52. The average molecular weight is 294 g/mol. The van der Waals surface area contributed by atoms with Gasteiger partial charge in [0.05, 0.1) is 12.3 Å². The number of nitrogens with one attached hydrogen (secondary N) is 1. The summed E-state index contributed by atoms with van der Waals surface area (Å²) < 4.78 is 19.6. The molecule has 3 nitrogen and oxygen atoms in total. The molecule has 118 valence electrons. The maximum atomic E-state index is 14.0. The van der Waals surface area contributed by atoms with E-state index in [1.54, 1.807) is 6.07 Å². The number of nitrogens with zero attached hydrogens (tertiary/aromatic N) is 1. The third-order valence-corrected chi connectivity index (χ3v) is 4.16. The molecule has 0 aromatic heterocycles. The van der Waals surface area contributed by atoms with Gasteiger partial charge in [-0.05, 0) is 38.4 Å². The van der Waals surface area contributed by atoms with Crippen molar-refractivity contribution in [2.45, 2.75) is 32.7 Å². The van der Waals surface area contributed by atoms with Crippen LogP contribution >= 0.6 is 0 Å². The normalized spacial score (nSPS) is 22.2. The summed E-state index contributed by atoms with van der Waals surface area (Å²) in [7, 11) is 0. The lowest BCUT2D eigenvalue weighted by molar-refractivity contribution is 0.0348. The first-order valence-electron chi connectivity index (χ1n) is 8.06. The second-order valence-corrected chi connectivity index (χ2v) is 5.67. The van der Waals surface area contributed by atoms with Crippen molar-refractivity contribution in [1.82, 2.24) is 5.32 Å². The number of hydrogen-bond donors (Lipinski definition) is 1. The Balaban J connectivity index is 2.03. The number of anilines is 1. The highest BCUT2D eigenvalue weighted by molar-refractivity contribution is 5.47. The highest BCUT2D eigenvalue weighted by Gasteiger charge is 2.27. The molecule has 1 N–H and O–H groups in total. The van der Waals surface area contributed by atoms with Crippen LogP contribution < -0.4 is 10.2 Å². The van der Waals surface area contributed by atoms with Gasteiger partial charge in [0.2, 0.25) is 0 Å². The van der Waals surface area contributed by atoms with Gasteiger partial charge in [-0.3, -0.25) is 0 Å². The van der Waals surface area contributed by atoms with E-state index in [9.17, 15) is 4.39 Å². The van der Waals surface area contributed by atoms with Crippen LogP contribution in [0.3, 0.4) is 0 Å². The van der Waals surface area contributed by atoms with Crippen molar-refractivity contribution in [2.24, 2.45) is 5.92 Å². The van der Waals surface area contributed by atoms with Crippen molar-refractivity contribution in [3.05, 3.63) is 30.1 Å². The van der Waals surface area contributed by atoms with Crippen LogP contribution in [0, 0.1) is 11.7 Å². The van der Waals surface area contributed by atoms with Crippen molar-refractivity contribution in [2.75, 3.05) is 37.7 Å². The van der Waals surface area contributed by atoms with Crippen LogP contribution in [-0.4, -0.2) is 38.9 Å². The van der Waals surface area contributed by atoms with E-state index >= 15 is 0 Å². The Morgan fingerprint density at radius 2 is 2.14 bits per heavy atom. The largest absolute Gasteiger partial charge is 0.381 e. The number of para-hydroxylation sites is 1. The number of hydrogen-bond acceptors (Lipinski definition) is 3. The summed E-state index contributed by atoms with van der Waals surface area (Å²) in [5, 5.41) is 3.62. The Morgan fingerprint density at radius 1 is 1.33 bits per heavy atom. The first-order valence-corrected chi connectivity index (χ1v) is 8.06. The molecule has 2 atom stereocenters. The second-order valence-electron chi connectivity index (χ2n) is 5.67. The van der Waals surface area contributed by atoms with Gasteiger partial charge in [-0.25, -0.2) is 4.39 Å². The van der Waals surface area contributed by atoms with E-state index in [0.29, 0.717) is 17.6 Å². The fourth-order valence-electron chi connectivity index (χ4n) is 2.96. The molecule has 1 fully saturated rings. The number of benzene rings is 1. The zero-order valence-electron chi connectivity index (χ0n) is 13.1. The van der Waals surface area contributed by atoms with E-state index < -0.39 is 0 Å². The Kier molecular flexibility index (Phi) is 6.46. The monoisotopic (exact) mass is 294 g/mol. The van der Waals surface area contributed by atoms with Crippen LogP contribution in [-0.2, 0) is 4.74 Å². The fourth-order valence-corrected chi connectivity index (χ4v) is 2.96. The topological polar surface area (TPSA) is 24.5 Å². The quantitative estimate of drug-likeness (QED) is 0.836. The molecule has 1 aromatic carbocycles. The summed E-state index contributed by atoms with van der Waals surface area (Å²) in [6, 6.07) is 7.49. The predicted octanol–water partition coefficient (Wildman–Crippen LogP) is 3.06. The molecular formula is C17H27FN2O. The smallest absolute Gasteiger partial charge is 0.146 e. The summed E-state index contributed by atoms with van der Waals surface area (Å²) in [5.74, 6) is 0.263. The van der Waals surface area contributed by atoms with E-state index in [-0.39, 0.29) is 5.82 Å². The number of rotatable bonds is 7. The van der Waals surface area contributed by atoms with Gasteiger partial charge in [0, 0.05) is 31.7 Å². The Hall–Kier alpha value is -1.13. The van der Waals surface area contributed by atoms with E-state index in [1.165, 1.54) is 6.07 Å². The minimum Gasteiger partial charge on any atom is -0.381 e. The maximum absolute atomic E-state index is 14.0. The predicted molar refractivity (Wildman–Crippen MR) is 85.3 cm³/mol. The van der Waals surface area contributed by atoms with Crippen molar-refractivity contribution < 1.29 is 9.13 Å². The molecule has 1 aromatic rings. The van der Waals surface area contributed by atoms with Crippen LogP contribution in [0.4, 0.5) is 10.1 Å². The van der Waals surface area contributed by atoms with Crippen LogP contribution in [0.1, 0.15) is 26.7 Å². The molecule has 21 heavy (non-hydrogen) atoms. The van der Waals surface area contributed by atoms with E-state index in [2.05, 4.69) is 24.1 Å². The molecule has 1 aliphatic heterocycles. The van der Waals surface area contributed by atoms with Crippen molar-refractivity contribution in [3.63, 3.8) is 0 Å². The van der Waals surface area contributed by atoms with Gasteiger partial charge in [-0.15, -0.1) is 0 Å². The summed E-state index contributed by atoms with van der Waals surface area (Å²) >= 11 is 0. The molecule has 0 aliphatic carbocycles. The van der Waals surface area contributed by atoms with Crippen LogP contribution in [0.2, 0.25) is 0 Å². The van der Waals surface area contributed by atoms with Crippen LogP contribution in [0.25, 0.3) is 0 Å². The van der Waals surface area contributed by atoms with Gasteiger partial charge in [0.15, 0.2) is 0 Å². The molecule has 0 spiro atoms. The third kappa shape index (κ3) is 4.42. The molecule has 4 heteroatoms. The highest BCUT2D eigenvalue weighted by Crippen LogP contribution is 2.23. The third-order valence-electron chi connectivity index (χ3n) is 4.16. The zero-order valence-corrected chi connectivity index (χ0v) is 13.1. The van der Waals surface area contributed by atoms with Gasteiger partial charge >= 0.3 is 0 Å². The molecule has 1 heterocycles. The summed E-state index contributed by atoms with van der Waals surface area (Å²) in [5.41, 5.74) is 0.694. The molecule has 0 bridgehead atoms. The minimum absolute atomic E-state index is 0.144. The Morgan fingerprint density at radius 3 is 2.86 bits per heavy atom. The van der Waals surface area contributed by atoms with E-state index in [1.807, 2.05) is 12.1 Å². The van der Waals surface area contributed by atoms with Crippen molar-refractivity contribution in [3.8, 4) is 0 Å². The van der Waals surface area contributed by atoms with Crippen molar-refractivity contribution >= 4 is 5.69 Å². The molecule has 0 saturated carbocycles. The molecule has 0 amide bonds. The zero-order chi connectivity index (χ0) is 15.1. The molecular weight excluding hydrogens is 267 g/mol. The number of ether oxygens (including phenoxy) is 1. The fraction of sp³-hybridized carbons (Fsp3) is 0.647. The second kappa shape index (κ2) is 8.35. The molecule has 2 unspecified atom stereocenters. The summed E-state index contributed by atoms with van der Waals surface area (Å²) in [4.78, 5) is 2.12. The highest BCUT2D eigenvalue weighted by atomic mass is 19.1. The van der Waals surface area contributed by atoms with E-state index in [0.717, 1.165) is 45.7 Å². The first-order chi connectivity index (χ1) is 10.3. The first kappa shape index (κ1) is 16.2. The number of halogens is 1. The van der Waals surface area contributed by atoms with E-state index in [4.69, 9.17) is 4.74 Å². The van der Waals surface area contributed by atoms with Gasteiger partial charge in [0.1, 0.15) is 5.82 Å². The van der Waals surface area contributed by atoms with Crippen LogP contribution in [0.5, 0.6) is 0 Å². The van der Waals surface area contributed by atoms with Gasteiger partial charge in [-0.1, -0.05) is 19.1 Å². The van der Waals surface area contributed by atoms with Crippen molar-refractivity contribution in [1.29, 1.82) is 0 Å². The van der Waals surface area contributed by atoms with Gasteiger partial charge < -0.3 is 15.0 Å². The Labute approximate surface area is 127 Å². The molecule has 1 aliphatic rings. The molecule has 1 saturated heterocycles. The minimum atomic E-state index is -0.144. The summed E-state index contributed by atoms with van der Waals surface area (Å²) in [6.07, 6.45) is 2.17. The lowest BCUT2D eigenvalue weighted by Gasteiger charge is -2.36. The molecule has 0 radical (unpaired) electrons. The maximum Gasteiger partial charge on any atom is 0.146 e. The standard InChI is InChI=1S/C17H27FN2O/c1-3-10-19-16-9-11-21-13-14(16)12-20(4-2)17-8-6-5-7-15(17)18/h5-8,14,16,19H,3-4,9-13H2,1-2H3. The summed E-state index contributed by atoms with van der Waals surface area (Å²) in [6.45, 7) is 8.50. The lowest BCUT2D eigenvalue weighted by Crippen LogP contribution is -2.48. The van der Waals surface area contributed by atoms with Crippen LogP contribution in [0.15, 0.2) is 24.3 Å². The SMILES string of the molecule is CCCNC1CCOCC1CN(CC)c1ccccc1F. The molecule has 2 rings (SSSR count). The van der Waals surface area contributed by atoms with Gasteiger partial charge in [0.25, 0.3) is 0 Å². The van der Waals surface area contributed by atoms with Gasteiger partial charge in [-0.2, -0.15) is 0 Å².